The summed E-state index contributed by atoms with van der Waals surface area (Å²) in [5.41, 5.74) is 0.845. The Morgan fingerprint density at radius 1 is 1.19 bits per heavy atom. The van der Waals surface area contributed by atoms with Gasteiger partial charge in [0.05, 0.1) is 7.11 Å². The fraction of sp³-hybridized carbons (Fsp3) is 0.667. The smallest absolute Gasteiger partial charge is 0.168 e. The molecule has 1 aromatic rings. The van der Waals surface area contributed by atoms with Crippen molar-refractivity contribution >= 4 is 0 Å². The summed E-state index contributed by atoms with van der Waals surface area (Å²) in [4.78, 5) is 0. The summed E-state index contributed by atoms with van der Waals surface area (Å²) in [5.74, 6) is 0.105. The van der Waals surface area contributed by atoms with Crippen LogP contribution in [0.1, 0.15) is 53.0 Å². The Bertz CT molecular complexity index is 453. The normalized spacial score (nSPS) is 14.8. The van der Waals surface area contributed by atoms with Crippen LogP contribution in [0.2, 0.25) is 0 Å². The topological polar surface area (TPSA) is 21.3 Å². The Kier molecular flexibility index (Phi) is 6.21. The summed E-state index contributed by atoms with van der Waals surface area (Å²) in [6, 6.07) is 5.40. The van der Waals surface area contributed by atoms with E-state index in [9.17, 15) is 4.39 Å². The second-order valence-corrected chi connectivity index (χ2v) is 7.27. The van der Waals surface area contributed by atoms with E-state index >= 15 is 0 Å². The van der Waals surface area contributed by atoms with Gasteiger partial charge in [0.15, 0.2) is 11.6 Å². The van der Waals surface area contributed by atoms with Gasteiger partial charge in [-0.2, -0.15) is 0 Å². The summed E-state index contributed by atoms with van der Waals surface area (Å²) in [6.07, 6.45) is 2.87. The van der Waals surface area contributed by atoms with Crippen LogP contribution in [0.3, 0.4) is 0 Å². The molecule has 0 amide bonds. The SMILES string of the molecule is CCCC(C)(CNC(C)(C)C)Cc1cccc(OC)c1F. The molecule has 1 aromatic carbocycles. The van der Waals surface area contributed by atoms with Crippen LogP contribution in [0, 0.1) is 11.2 Å². The lowest BCUT2D eigenvalue weighted by molar-refractivity contribution is 0.240. The average molecular weight is 295 g/mol. The minimum absolute atomic E-state index is 0.0369. The highest BCUT2D eigenvalue weighted by Crippen LogP contribution is 2.31. The van der Waals surface area contributed by atoms with Gasteiger partial charge in [-0.25, -0.2) is 4.39 Å². The molecule has 1 atom stereocenters. The van der Waals surface area contributed by atoms with Gasteiger partial charge >= 0.3 is 0 Å². The van der Waals surface area contributed by atoms with Crippen LogP contribution in [0.5, 0.6) is 5.75 Å². The van der Waals surface area contributed by atoms with Crippen molar-refractivity contribution in [1.29, 1.82) is 0 Å². The molecular weight excluding hydrogens is 265 g/mol. The number of hydrogen-bond acceptors (Lipinski definition) is 2. The van der Waals surface area contributed by atoms with Crippen LogP contribution in [-0.4, -0.2) is 19.2 Å². The Balaban J connectivity index is 2.92. The molecule has 0 heterocycles. The molecular formula is C18H30FNO. The van der Waals surface area contributed by atoms with Gasteiger partial charge in [-0.15, -0.1) is 0 Å². The maximum Gasteiger partial charge on any atom is 0.168 e. The molecule has 0 aliphatic heterocycles. The van der Waals surface area contributed by atoms with Crippen molar-refractivity contribution in [1.82, 2.24) is 5.32 Å². The van der Waals surface area contributed by atoms with Crippen molar-refractivity contribution in [2.24, 2.45) is 5.41 Å². The standard InChI is InChI=1S/C18H30FNO/c1-7-11-18(5,13-20-17(2,3)4)12-14-9-8-10-15(21-6)16(14)19/h8-10,20H,7,11-13H2,1-6H3. The molecule has 21 heavy (non-hydrogen) atoms. The van der Waals surface area contributed by atoms with Crippen LogP contribution < -0.4 is 10.1 Å². The van der Waals surface area contributed by atoms with Crippen molar-refractivity contribution in [3.8, 4) is 5.75 Å². The first-order valence-electron chi connectivity index (χ1n) is 7.77. The monoisotopic (exact) mass is 295 g/mol. The Labute approximate surface area is 129 Å². The molecule has 0 bridgehead atoms. The van der Waals surface area contributed by atoms with Crippen LogP contribution in [-0.2, 0) is 6.42 Å². The Morgan fingerprint density at radius 3 is 2.38 bits per heavy atom. The predicted molar refractivity (Wildman–Crippen MR) is 87.4 cm³/mol. The quantitative estimate of drug-likeness (QED) is 0.795. The number of rotatable bonds is 7. The minimum Gasteiger partial charge on any atom is -0.494 e. The van der Waals surface area contributed by atoms with E-state index in [1.807, 2.05) is 12.1 Å². The van der Waals surface area contributed by atoms with Gasteiger partial charge in [0, 0.05) is 12.1 Å². The van der Waals surface area contributed by atoms with E-state index in [4.69, 9.17) is 4.74 Å². The van der Waals surface area contributed by atoms with Crippen molar-refractivity contribution in [2.45, 2.75) is 59.4 Å². The van der Waals surface area contributed by atoms with E-state index in [1.165, 1.54) is 7.11 Å². The summed E-state index contributed by atoms with van der Waals surface area (Å²) >= 11 is 0. The number of hydrogen-bond donors (Lipinski definition) is 1. The second-order valence-electron chi connectivity index (χ2n) is 7.27. The Hall–Kier alpha value is -1.09. The van der Waals surface area contributed by atoms with Gasteiger partial charge in [0.25, 0.3) is 0 Å². The van der Waals surface area contributed by atoms with Crippen LogP contribution >= 0.6 is 0 Å². The van der Waals surface area contributed by atoms with Crippen molar-refractivity contribution < 1.29 is 9.13 Å². The second kappa shape index (κ2) is 7.26. The third-order valence-electron chi connectivity index (χ3n) is 3.78. The van der Waals surface area contributed by atoms with E-state index in [2.05, 4.69) is 39.9 Å². The fourth-order valence-electron chi connectivity index (χ4n) is 2.63. The van der Waals surface area contributed by atoms with Crippen molar-refractivity contribution in [2.75, 3.05) is 13.7 Å². The van der Waals surface area contributed by atoms with E-state index in [1.54, 1.807) is 6.07 Å². The highest BCUT2D eigenvalue weighted by atomic mass is 19.1. The van der Waals surface area contributed by atoms with Crippen LogP contribution in [0.25, 0.3) is 0 Å². The molecule has 3 heteroatoms. The van der Waals surface area contributed by atoms with E-state index in [0.717, 1.165) is 24.9 Å². The lowest BCUT2D eigenvalue weighted by Crippen LogP contribution is -2.43. The van der Waals surface area contributed by atoms with Crippen LogP contribution in [0.15, 0.2) is 18.2 Å². The minimum atomic E-state index is -0.224. The van der Waals surface area contributed by atoms with Crippen molar-refractivity contribution in [3.05, 3.63) is 29.6 Å². The highest BCUT2D eigenvalue weighted by Gasteiger charge is 2.27. The number of benzene rings is 1. The average Bonchev–Trinajstić information content (AvgIpc) is 2.39. The number of ether oxygens (including phenoxy) is 1. The molecule has 0 spiro atoms. The summed E-state index contributed by atoms with van der Waals surface area (Å²) in [7, 11) is 1.51. The molecule has 1 rings (SSSR count). The highest BCUT2D eigenvalue weighted by molar-refractivity contribution is 5.31. The molecule has 120 valence electrons. The lowest BCUT2D eigenvalue weighted by Gasteiger charge is -2.34. The molecule has 0 aromatic heterocycles. The summed E-state index contributed by atoms with van der Waals surface area (Å²) < 4.78 is 19.5. The van der Waals surface area contributed by atoms with E-state index in [0.29, 0.717) is 12.2 Å². The Morgan fingerprint density at radius 2 is 1.86 bits per heavy atom. The molecule has 0 radical (unpaired) electrons. The first kappa shape index (κ1) is 18.0. The zero-order valence-electron chi connectivity index (χ0n) is 14.3. The zero-order valence-corrected chi connectivity index (χ0v) is 14.3. The first-order chi connectivity index (χ1) is 9.71. The van der Waals surface area contributed by atoms with Gasteiger partial charge < -0.3 is 10.1 Å². The van der Waals surface area contributed by atoms with Gasteiger partial charge in [-0.05, 0) is 50.7 Å². The maximum atomic E-state index is 14.4. The molecule has 0 saturated carbocycles. The first-order valence-corrected chi connectivity index (χ1v) is 7.77. The van der Waals surface area contributed by atoms with E-state index in [-0.39, 0.29) is 16.8 Å². The number of methoxy groups -OCH3 is 1. The van der Waals surface area contributed by atoms with Gasteiger partial charge in [-0.1, -0.05) is 32.4 Å². The van der Waals surface area contributed by atoms with Gasteiger partial charge in [0.1, 0.15) is 0 Å². The lowest BCUT2D eigenvalue weighted by atomic mass is 9.79. The summed E-state index contributed by atoms with van der Waals surface area (Å²) in [6.45, 7) is 11.8. The summed E-state index contributed by atoms with van der Waals surface area (Å²) in [5, 5.41) is 3.56. The largest absolute Gasteiger partial charge is 0.494 e. The third kappa shape index (κ3) is 5.66. The van der Waals surface area contributed by atoms with Gasteiger partial charge in [-0.3, -0.25) is 0 Å². The number of halogens is 1. The van der Waals surface area contributed by atoms with Crippen molar-refractivity contribution in [3.63, 3.8) is 0 Å². The predicted octanol–water partition coefficient (Wildman–Crippen LogP) is 4.57. The molecule has 0 saturated heterocycles. The van der Waals surface area contributed by atoms with Gasteiger partial charge in [0.2, 0.25) is 0 Å². The molecule has 1 unspecified atom stereocenters. The third-order valence-corrected chi connectivity index (χ3v) is 3.78. The maximum absolute atomic E-state index is 14.4. The van der Waals surface area contributed by atoms with E-state index < -0.39 is 0 Å². The number of nitrogens with one attached hydrogen (secondary N) is 1. The molecule has 1 N–H and O–H groups in total. The molecule has 0 fully saturated rings. The molecule has 0 aliphatic rings. The zero-order chi connectivity index (χ0) is 16.1. The molecule has 2 nitrogen and oxygen atoms in total. The van der Waals surface area contributed by atoms with Crippen LogP contribution in [0.4, 0.5) is 4.39 Å². The fourth-order valence-corrected chi connectivity index (χ4v) is 2.63. The molecule has 0 aliphatic carbocycles.